The number of amides is 1. The fraction of sp³-hybridized carbons (Fsp3) is 0.263. The van der Waals surface area contributed by atoms with Crippen molar-refractivity contribution in [1.29, 1.82) is 0 Å². The van der Waals surface area contributed by atoms with Crippen molar-refractivity contribution in [2.45, 2.75) is 19.8 Å². The van der Waals surface area contributed by atoms with Crippen LogP contribution in [0, 0.1) is 5.92 Å². The second kappa shape index (κ2) is 9.24. The molecule has 1 aromatic heterocycles. The van der Waals surface area contributed by atoms with E-state index < -0.39 is 5.92 Å². The van der Waals surface area contributed by atoms with Crippen molar-refractivity contribution in [3.8, 4) is 0 Å². The number of carbonyl (C=O) groups excluding carboxylic acids is 3. The number of aromatic nitrogens is 1. The van der Waals surface area contributed by atoms with Gasteiger partial charge in [-0.05, 0) is 36.8 Å². The first-order valence-electron chi connectivity index (χ1n) is 8.05. The van der Waals surface area contributed by atoms with Gasteiger partial charge < -0.3 is 10.1 Å². The lowest BCUT2D eigenvalue weighted by molar-refractivity contribution is -0.141. The maximum absolute atomic E-state index is 12.7. The molecular weight excluding hydrogens is 400 g/mol. The minimum absolute atomic E-state index is 0.158. The normalized spacial score (nSPS) is 11.5. The lowest BCUT2D eigenvalue weighted by Gasteiger charge is -2.14. The Labute approximate surface area is 160 Å². The van der Waals surface area contributed by atoms with E-state index in [9.17, 15) is 14.4 Å². The fourth-order valence-electron chi connectivity index (χ4n) is 2.27. The second-order valence-corrected chi connectivity index (χ2v) is 6.65. The molecule has 0 saturated heterocycles. The average molecular weight is 419 g/mol. The zero-order chi connectivity index (χ0) is 19.1. The number of hydrogen-bond donors (Lipinski definition) is 1. The number of pyridine rings is 1. The molecule has 0 unspecified atom stereocenters. The molecule has 1 atom stereocenters. The van der Waals surface area contributed by atoms with E-state index in [4.69, 9.17) is 0 Å². The van der Waals surface area contributed by atoms with Crippen LogP contribution in [0.25, 0.3) is 0 Å². The molecule has 2 aromatic rings. The van der Waals surface area contributed by atoms with E-state index in [0.717, 1.165) is 0 Å². The van der Waals surface area contributed by atoms with Gasteiger partial charge in [0, 0.05) is 28.6 Å². The molecule has 7 heteroatoms. The van der Waals surface area contributed by atoms with Gasteiger partial charge in [-0.2, -0.15) is 0 Å². The highest BCUT2D eigenvalue weighted by atomic mass is 79.9. The van der Waals surface area contributed by atoms with E-state index in [1.165, 1.54) is 7.11 Å². The van der Waals surface area contributed by atoms with E-state index in [-0.39, 0.29) is 24.1 Å². The van der Waals surface area contributed by atoms with Crippen molar-refractivity contribution in [3.05, 3.63) is 58.3 Å². The molecule has 0 fully saturated rings. The van der Waals surface area contributed by atoms with Crippen molar-refractivity contribution in [2.75, 3.05) is 12.4 Å². The molecule has 0 saturated carbocycles. The highest BCUT2D eigenvalue weighted by Crippen LogP contribution is 2.24. The van der Waals surface area contributed by atoms with Gasteiger partial charge in [-0.25, -0.2) is 0 Å². The summed E-state index contributed by atoms with van der Waals surface area (Å²) in [5.74, 6) is -1.33. The van der Waals surface area contributed by atoms with Crippen LogP contribution >= 0.6 is 15.9 Å². The number of carbonyl (C=O) groups is 3. The third kappa shape index (κ3) is 5.23. The van der Waals surface area contributed by atoms with Gasteiger partial charge in [-0.1, -0.05) is 28.9 Å². The number of benzene rings is 1. The first-order valence-corrected chi connectivity index (χ1v) is 8.84. The Bertz CT molecular complexity index is 808. The van der Waals surface area contributed by atoms with Gasteiger partial charge in [-0.3, -0.25) is 19.4 Å². The van der Waals surface area contributed by atoms with Crippen LogP contribution in [-0.2, 0) is 14.3 Å². The first-order chi connectivity index (χ1) is 12.4. The molecule has 0 spiro atoms. The summed E-state index contributed by atoms with van der Waals surface area (Å²) in [7, 11) is 1.31. The van der Waals surface area contributed by atoms with Crippen molar-refractivity contribution in [2.24, 2.45) is 5.92 Å². The van der Waals surface area contributed by atoms with Crippen molar-refractivity contribution >= 4 is 39.3 Å². The molecule has 0 aliphatic rings. The van der Waals surface area contributed by atoms with E-state index in [1.54, 1.807) is 49.5 Å². The van der Waals surface area contributed by atoms with E-state index >= 15 is 0 Å². The summed E-state index contributed by atoms with van der Waals surface area (Å²) in [4.78, 5) is 40.4. The summed E-state index contributed by atoms with van der Waals surface area (Å²) in [6, 6.07) is 10.1. The van der Waals surface area contributed by atoms with Crippen LogP contribution in [0.5, 0.6) is 0 Å². The van der Waals surface area contributed by atoms with Crippen LogP contribution in [0.15, 0.2) is 47.1 Å². The summed E-state index contributed by atoms with van der Waals surface area (Å²) in [5, 5.41) is 2.77. The van der Waals surface area contributed by atoms with Crippen LogP contribution in [0.4, 0.5) is 5.69 Å². The molecule has 0 radical (unpaired) electrons. The van der Waals surface area contributed by atoms with E-state index in [2.05, 4.69) is 31.0 Å². The van der Waals surface area contributed by atoms with Crippen molar-refractivity contribution in [1.82, 2.24) is 4.98 Å². The number of ketones is 1. The third-order valence-corrected chi connectivity index (χ3v) is 4.33. The molecule has 1 amide bonds. The molecule has 1 aromatic carbocycles. The zero-order valence-electron chi connectivity index (χ0n) is 14.5. The van der Waals surface area contributed by atoms with Gasteiger partial charge in [-0.15, -0.1) is 0 Å². The summed E-state index contributed by atoms with van der Waals surface area (Å²) in [6.07, 6.45) is 2.06. The molecule has 0 bridgehead atoms. The van der Waals surface area contributed by atoms with Gasteiger partial charge in [0.15, 0.2) is 0 Å². The van der Waals surface area contributed by atoms with Gasteiger partial charge in [0.25, 0.3) is 0 Å². The lowest BCUT2D eigenvalue weighted by atomic mass is 10.0. The smallest absolute Gasteiger partial charge is 0.305 e. The molecule has 2 rings (SSSR count). The average Bonchev–Trinajstić information content (AvgIpc) is 2.67. The van der Waals surface area contributed by atoms with Crippen molar-refractivity contribution < 1.29 is 19.1 Å². The third-order valence-electron chi connectivity index (χ3n) is 3.84. The largest absolute Gasteiger partial charge is 0.469 e. The molecule has 1 N–H and O–H groups in total. The van der Waals surface area contributed by atoms with Crippen LogP contribution < -0.4 is 5.32 Å². The standard InChI is InChI=1S/C19H19BrN2O4/c1-12(6-9-17(23)26-2)19(25)22-15-8-7-13(20)11-14(15)18(24)16-5-3-4-10-21-16/h3-5,7-8,10-12H,6,9H2,1-2H3,(H,22,25)/t12-/m0/s1. The Kier molecular flexibility index (Phi) is 7.03. The topological polar surface area (TPSA) is 85.4 Å². The number of methoxy groups -OCH3 is 1. The minimum Gasteiger partial charge on any atom is -0.469 e. The van der Waals surface area contributed by atoms with Gasteiger partial charge in [0.05, 0.1) is 12.8 Å². The summed E-state index contributed by atoms with van der Waals surface area (Å²) >= 11 is 3.34. The fourth-order valence-corrected chi connectivity index (χ4v) is 2.63. The molecule has 0 aliphatic carbocycles. The zero-order valence-corrected chi connectivity index (χ0v) is 16.1. The second-order valence-electron chi connectivity index (χ2n) is 5.74. The highest BCUT2D eigenvalue weighted by molar-refractivity contribution is 9.10. The Morgan fingerprint density at radius 2 is 2.00 bits per heavy atom. The van der Waals surface area contributed by atoms with Crippen molar-refractivity contribution in [3.63, 3.8) is 0 Å². The van der Waals surface area contributed by atoms with E-state index in [1.807, 2.05) is 0 Å². The summed E-state index contributed by atoms with van der Waals surface area (Å²) in [6.45, 7) is 1.72. The molecule has 0 aliphatic heterocycles. The molecule has 1 heterocycles. The predicted octanol–water partition coefficient (Wildman–Crippen LogP) is 3.60. The number of ether oxygens (including phenoxy) is 1. The Hall–Kier alpha value is -2.54. The molecular formula is C19H19BrN2O4. The van der Waals surface area contributed by atoms with Crippen LogP contribution in [-0.4, -0.2) is 29.8 Å². The van der Waals surface area contributed by atoms with Crippen LogP contribution in [0.3, 0.4) is 0 Å². The summed E-state index contributed by atoms with van der Waals surface area (Å²) in [5.41, 5.74) is 1.03. The maximum Gasteiger partial charge on any atom is 0.305 e. The molecule has 136 valence electrons. The number of anilines is 1. The number of rotatable bonds is 7. The SMILES string of the molecule is COC(=O)CC[C@H](C)C(=O)Nc1ccc(Br)cc1C(=O)c1ccccn1. The minimum atomic E-state index is -0.407. The van der Waals surface area contributed by atoms with E-state index in [0.29, 0.717) is 27.8 Å². The Morgan fingerprint density at radius 3 is 2.65 bits per heavy atom. The maximum atomic E-state index is 12.7. The number of halogens is 1. The molecule has 6 nitrogen and oxygen atoms in total. The van der Waals surface area contributed by atoms with Crippen LogP contribution in [0.1, 0.15) is 35.8 Å². The van der Waals surface area contributed by atoms with Crippen LogP contribution in [0.2, 0.25) is 0 Å². The lowest BCUT2D eigenvalue weighted by Crippen LogP contribution is -2.23. The number of nitrogens with one attached hydrogen (secondary N) is 1. The predicted molar refractivity (Wildman–Crippen MR) is 101 cm³/mol. The van der Waals surface area contributed by atoms with Gasteiger partial charge >= 0.3 is 5.97 Å². The monoisotopic (exact) mass is 418 g/mol. The molecule has 26 heavy (non-hydrogen) atoms. The number of hydrogen-bond acceptors (Lipinski definition) is 5. The number of esters is 1. The summed E-state index contributed by atoms with van der Waals surface area (Å²) < 4.78 is 5.30. The Balaban J connectivity index is 2.18. The highest BCUT2D eigenvalue weighted by Gasteiger charge is 2.20. The Morgan fingerprint density at radius 1 is 1.23 bits per heavy atom. The van der Waals surface area contributed by atoms with Gasteiger partial charge in [0.1, 0.15) is 5.69 Å². The number of nitrogens with zero attached hydrogens (tertiary/aromatic N) is 1. The quantitative estimate of drug-likeness (QED) is 0.548. The first kappa shape index (κ1) is 19.8. The van der Waals surface area contributed by atoms with Gasteiger partial charge in [0.2, 0.25) is 11.7 Å².